The van der Waals surface area contributed by atoms with Crippen molar-refractivity contribution in [2.45, 2.75) is 38.5 Å². The predicted octanol–water partition coefficient (Wildman–Crippen LogP) is 1.92. The maximum Gasteiger partial charge on any atom is 0.408 e. The van der Waals surface area contributed by atoms with Crippen molar-refractivity contribution in [3.05, 3.63) is 65.7 Å². The quantitative estimate of drug-likeness (QED) is 0.222. The van der Waals surface area contributed by atoms with Gasteiger partial charge in [-0.1, -0.05) is 42.5 Å². The van der Waals surface area contributed by atoms with E-state index in [9.17, 15) is 14.7 Å². The number of nitrogens with one attached hydrogen (secondary N) is 2. The standard InChI is InChI=1S/C22H29N5O4/c1-15(17-9-11-18(28)12-10-17)26-20(29)19(8-5-13-25-21(23)24)27-22(30)31-14-16-6-3-2-4-7-16/h2-4,6-7,9-12,15,19,28H,5,8,13-14H2,1H3,(H,26,29)(H,27,30)(H4,23,24,25). The Bertz CT molecular complexity index is 867. The van der Waals surface area contributed by atoms with E-state index in [0.29, 0.717) is 19.4 Å². The van der Waals surface area contributed by atoms with Crippen molar-refractivity contribution >= 4 is 18.0 Å². The highest BCUT2D eigenvalue weighted by Crippen LogP contribution is 2.16. The summed E-state index contributed by atoms with van der Waals surface area (Å²) in [5, 5.41) is 14.9. The Morgan fingerprint density at radius 3 is 2.39 bits per heavy atom. The molecule has 0 aromatic heterocycles. The molecule has 0 radical (unpaired) electrons. The molecular weight excluding hydrogens is 398 g/mol. The molecule has 0 spiro atoms. The number of benzene rings is 2. The third kappa shape index (κ3) is 8.65. The van der Waals surface area contributed by atoms with Gasteiger partial charge in [-0.05, 0) is 43.0 Å². The Labute approximate surface area is 181 Å². The number of nitrogens with zero attached hydrogens (tertiary/aromatic N) is 1. The molecule has 0 fully saturated rings. The molecule has 31 heavy (non-hydrogen) atoms. The molecule has 166 valence electrons. The SMILES string of the molecule is CC(NC(=O)C(CCCN=C(N)N)NC(=O)OCc1ccccc1)c1ccc(O)cc1. The van der Waals surface area contributed by atoms with Gasteiger partial charge in [0, 0.05) is 6.54 Å². The number of carbonyl (C=O) groups excluding carboxylic acids is 2. The lowest BCUT2D eigenvalue weighted by Crippen LogP contribution is -2.47. The van der Waals surface area contributed by atoms with E-state index in [2.05, 4.69) is 15.6 Å². The van der Waals surface area contributed by atoms with Crippen LogP contribution in [-0.4, -0.2) is 35.7 Å². The highest BCUT2D eigenvalue weighted by molar-refractivity contribution is 5.85. The average Bonchev–Trinajstić information content (AvgIpc) is 2.75. The summed E-state index contributed by atoms with van der Waals surface area (Å²) in [4.78, 5) is 29.0. The smallest absolute Gasteiger partial charge is 0.408 e. The number of rotatable bonds is 10. The number of phenolic OH excluding ortho intramolecular Hbond substituents is 1. The molecule has 9 nitrogen and oxygen atoms in total. The molecule has 2 unspecified atom stereocenters. The lowest BCUT2D eigenvalue weighted by Gasteiger charge is -2.21. The topological polar surface area (TPSA) is 152 Å². The van der Waals surface area contributed by atoms with Crippen LogP contribution in [0, 0.1) is 0 Å². The van der Waals surface area contributed by atoms with Gasteiger partial charge >= 0.3 is 6.09 Å². The van der Waals surface area contributed by atoms with Crippen LogP contribution in [0.5, 0.6) is 5.75 Å². The van der Waals surface area contributed by atoms with Crippen molar-refractivity contribution in [2.24, 2.45) is 16.5 Å². The average molecular weight is 428 g/mol. The number of phenols is 1. The fourth-order valence-electron chi connectivity index (χ4n) is 2.84. The number of aromatic hydroxyl groups is 1. The zero-order valence-corrected chi connectivity index (χ0v) is 17.5. The first-order chi connectivity index (χ1) is 14.8. The Morgan fingerprint density at radius 1 is 1.06 bits per heavy atom. The summed E-state index contributed by atoms with van der Waals surface area (Å²) < 4.78 is 5.23. The minimum Gasteiger partial charge on any atom is -0.508 e. The van der Waals surface area contributed by atoms with Crippen LogP contribution in [0.4, 0.5) is 4.79 Å². The number of amides is 2. The molecule has 2 aromatic rings. The Kier molecular flexibility index (Phi) is 9.15. The van der Waals surface area contributed by atoms with Gasteiger partial charge < -0.3 is 31.9 Å². The molecule has 2 atom stereocenters. The van der Waals surface area contributed by atoms with Crippen molar-refractivity contribution < 1.29 is 19.4 Å². The van der Waals surface area contributed by atoms with E-state index in [1.807, 2.05) is 37.3 Å². The number of guanidine groups is 1. The number of ether oxygens (including phenoxy) is 1. The van der Waals surface area contributed by atoms with Gasteiger partial charge in [0.05, 0.1) is 6.04 Å². The third-order valence-corrected chi connectivity index (χ3v) is 4.52. The number of aliphatic imine (C=N–C) groups is 1. The predicted molar refractivity (Wildman–Crippen MR) is 118 cm³/mol. The number of nitrogens with two attached hydrogens (primary N) is 2. The maximum absolute atomic E-state index is 12.8. The van der Waals surface area contributed by atoms with Crippen LogP contribution in [0.3, 0.4) is 0 Å². The molecule has 0 heterocycles. The molecular formula is C22H29N5O4. The van der Waals surface area contributed by atoms with Crippen LogP contribution in [0.25, 0.3) is 0 Å². The second-order valence-electron chi connectivity index (χ2n) is 7.03. The molecule has 0 bridgehead atoms. The molecule has 0 aliphatic heterocycles. The van der Waals surface area contributed by atoms with Gasteiger partial charge in [-0.3, -0.25) is 9.79 Å². The molecule has 0 aliphatic carbocycles. The fourth-order valence-corrected chi connectivity index (χ4v) is 2.84. The molecule has 2 rings (SSSR count). The molecule has 2 amide bonds. The summed E-state index contributed by atoms with van der Waals surface area (Å²) in [6.07, 6.45) is 0.122. The Balaban J connectivity index is 1.96. The zero-order chi connectivity index (χ0) is 22.6. The molecule has 2 aromatic carbocycles. The van der Waals surface area contributed by atoms with Crippen LogP contribution in [0.15, 0.2) is 59.6 Å². The summed E-state index contributed by atoms with van der Waals surface area (Å²) in [5.41, 5.74) is 12.3. The van der Waals surface area contributed by atoms with Crippen LogP contribution < -0.4 is 22.1 Å². The zero-order valence-electron chi connectivity index (χ0n) is 17.5. The third-order valence-electron chi connectivity index (χ3n) is 4.52. The van der Waals surface area contributed by atoms with Crippen LogP contribution >= 0.6 is 0 Å². The maximum atomic E-state index is 12.8. The summed E-state index contributed by atoms with van der Waals surface area (Å²) in [6.45, 7) is 2.24. The lowest BCUT2D eigenvalue weighted by atomic mass is 10.1. The van der Waals surface area contributed by atoms with E-state index in [-0.39, 0.29) is 30.3 Å². The van der Waals surface area contributed by atoms with Gasteiger partial charge in [0.2, 0.25) is 5.91 Å². The highest BCUT2D eigenvalue weighted by Gasteiger charge is 2.23. The summed E-state index contributed by atoms with van der Waals surface area (Å²) in [5.74, 6) is -0.248. The minimum atomic E-state index is -0.822. The second-order valence-corrected chi connectivity index (χ2v) is 7.03. The van der Waals surface area contributed by atoms with Crippen LogP contribution in [0.2, 0.25) is 0 Å². The molecule has 9 heteroatoms. The molecule has 0 saturated carbocycles. The van der Waals surface area contributed by atoms with E-state index in [1.54, 1.807) is 24.3 Å². The Morgan fingerprint density at radius 2 is 1.74 bits per heavy atom. The first-order valence-electron chi connectivity index (χ1n) is 9.97. The summed E-state index contributed by atoms with van der Waals surface area (Å²) in [6, 6.07) is 14.6. The van der Waals surface area contributed by atoms with Gasteiger partial charge in [0.15, 0.2) is 5.96 Å². The van der Waals surface area contributed by atoms with Crippen molar-refractivity contribution in [1.29, 1.82) is 0 Å². The van der Waals surface area contributed by atoms with Crippen molar-refractivity contribution in [2.75, 3.05) is 6.54 Å². The van der Waals surface area contributed by atoms with Crippen molar-refractivity contribution in [3.63, 3.8) is 0 Å². The van der Waals surface area contributed by atoms with Crippen molar-refractivity contribution in [1.82, 2.24) is 10.6 Å². The largest absolute Gasteiger partial charge is 0.508 e. The minimum absolute atomic E-state index is 0.0304. The normalized spacial score (nSPS) is 12.3. The number of carbonyl (C=O) groups is 2. The van der Waals surface area contributed by atoms with Crippen LogP contribution in [0.1, 0.15) is 36.9 Å². The van der Waals surface area contributed by atoms with E-state index >= 15 is 0 Å². The molecule has 7 N–H and O–H groups in total. The van der Waals surface area contributed by atoms with E-state index in [4.69, 9.17) is 16.2 Å². The number of hydrogen-bond acceptors (Lipinski definition) is 5. The fraction of sp³-hybridized carbons (Fsp3) is 0.318. The molecule has 0 aliphatic rings. The van der Waals surface area contributed by atoms with Gasteiger partial charge in [-0.25, -0.2) is 4.79 Å². The first kappa shape index (κ1) is 23.5. The summed E-state index contributed by atoms with van der Waals surface area (Å²) >= 11 is 0. The van der Waals surface area contributed by atoms with Crippen LogP contribution in [-0.2, 0) is 16.1 Å². The lowest BCUT2D eigenvalue weighted by molar-refractivity contribution is -0.123. The van der Waals surface area contributed by atoms with E-state index < -0.39 is 12.1 Å². The number of alkyl carbamates (subject to hydrolysis) is 1. The number of hydrogen-bond donors (Lipinski definition) is 5. The van der Waals surface area contributed by atoms with Gasteiger partial charge in [-0.2, -0.15) is 0 Å². The molecule has 0 saturated heterocycles. The van der Waals surface area contributed by atoms with Gasteiger partial charge in [-0.15, -0.1) is 0 Å². The highest BCUT2D eigenvalue weighted by atomic mass is 16.5. The van der Waals surface area contributed by atoms with E-state index in [0.717, 1.165) is 11.1 Å². The van der Waals surface area contributed by atoms with E-state index in [1.165, 1.54) is 0 Å². The van der Waals surface area contributed by atoms with Crippen molar-refractivity contribution in [3.8, 4) is 5.75 Å². The second kappa shape index (κ2) is 12.1. The first-order valence-corrected chi connectivity index (χ1v) is 9.97. The Hall–Kier alpha value is -3.75. The van der Waals surface area contributed by atoms with Gasteiger partial charge in [0.25, 0.3) is 0 Å². The summed E-state index contributed by atoms with van der Waals surface area (Å²) in [7, 11) is 0. The monoisotopic (exact) mass is 427 g/mol. The van der Waals surface area contributed by atoms with Gasteiger partial charge in [0.1, 0.15) is 18.4 Å².